The molecule has 10 heteroatoms. The number of likely N-dealkylation sites (N-methyl/N-ethyl adjacent to an activating group) is 1. The lowest BCUT2D eigenvalue weighted by molar-refractivity contribution is -0.134. The molecule has 41 heavy (non-hydrogen) atoms. The van der Waals surface area contributed by atoms with Crippen molar-refractivity contribution in [1.29, 1.82) is 0 Å². The number of fused-ring (bicyclic) bond motifs is 1. The fraction of sp³-hybridized carbons (Fsp3) is 0.516. The van der Waals surface area contributed by atoms with Gasteiger partial charge in [0, 0.05) is 42.4 Å². The summed E-state index contributed by atoms with van der Waals surface area (Å²) in [6.07, 6.45) is 4.60. The number of carbonyl (C=O) groups is 3. The maximum absolute atomic E-state index is 13.4. The van der Waals surface area contributed by atoms with Gasteiger partial charge in [-0.25, -0.2) is 9.18 Å². The summed E-state index contributed by atoms with van der Waals surface area (Å²) >= 11 is 0. The fourth-order valence-electron chi connectivity index (χ4n) is 5.44. The molecular weight excluding hydrogens is 527 g/mol. The zero-order valence-corrected chi connectivity index (χ0v) is 24.1. The Hall–Kier alpha value is -3.66. The molecule has 9 nitrogen and oxygen atoms in total. The Labute approximate surface area is 241 Å². The first-order valence-electron chi connectivity index (χ1n) is 14.4. The quantitative estimate of drug-likeness (QED) is 0.450. The van der Waals surface area contributed by atoms with E-state index in [0.717, 1.165) is 32.1 Å². The summed E-state index contributed by atoms with van der Waals surface area (Å²) in [5.41, 5.74) is 1.70. The number of hydrogen-bond donors (Lipinski definition) is 3. The highest BCUT2D eigenvalue weighted by Gasteiger charge is 2.32. The monoisotopic (exact) mass is 568 g/mol. The van der Waals surface area contributed by atoms with Crippen molar-refractivity contribution in [3.63, 3.8) is 0 Å². The van der Waals surface area contributed by atoms with Gasteiger partial charge in [0.05, 0.1) is 25.6 Å². The number of hydrogen-bond acceptors (Lipinski definition) is 5. The van der Waals surface area contributed by atoms with Crippen LogP contribution in [0.4, 0.5) is 20.6 Å². The summed E-state index contributed by atoms with van der Waals surface area (Å²) in [5, 5.41) is 15.6. The van der Waals surface area contributed by atoms with Gasteiger partial charge in [-0.3, -0.25) is 9.59 Å². The largest absolute Gasteiger partial charge is 0.488 e. The van der Waals surface area contributed by atoms with E-state index in [9.17, 15) is 23.9 Å². The molecule has 2 aromatic rings. The molecule has 0 radical (unpaired) electrons. The molecular formula is C31H41FN4O5. The Morgan fingerprint density at radius 1 is 1.10 bits per heavy atom. The number of ether oxygens (including phenoxy) is 1. The lowest BCUT2D eigenvalue weighted by Crippen LogP contribution is -2.48. The molecule has 0 bridgehead atoms. The Balaban J connectivity index is 1.55. The standard InChI is InChI=1S/C31H41FN4O5/c1-20-17-36(21(2)19-37)29(38)16-23-15-26(33-30(39)22-7-5-4-6-8-22)13-14-27(23)41-28(20)18-35(3)31(40)34-25-11-9-24(32)10-12-25/h9-15,20-22,28,37H,4-8,16-19H2,1-3H3,(H,33,39)(H,34,40)/t20-,21-,28+/m1/s1. The number of aliphatic hydroxyl groups is 1. The molecule has 0 aromatic heterocycles. The second-order valence-corrected chi connectivity index (χ2v) is 11.4. The molecule has 222 valence electrons. The van der Waals surface area contributed by atoms with Crippen molar-refractivity contribution < 1.29 is 28.6 Å². The van der Waals surface area contributed by atoms with Crippen LogP contribution in [0.15, 0.2) is 42.5 Å². The van der Waals surface area contributed by atoms with Crippen LogP contribution in [0.2, 0.25) is 0 Å². The second kappa shape index (κ2) is 13.8. The predicted octanol–water partition coefficient (Wildman–Crippen LogP) is 4.66. The summed E-state index contributed by atoms with van der Waals surface area (Å²) < 4.78 is 19.7. The van der Waals surface area contributed by atoms with Gasteiger partial charge in [-0.2, -0.15) is 0 Å². The zero-order chi connectivity index (χ0) is 29.5. The first kappa shape index (κ1) is 30.3. The number of anilines is 2. The van der Waals surface area contributed by atoms with Crippen LogP contribution in [0.1, 0.15) is 51.5 Å². The van der Waals surface area contributed by atoms with Crippen molar-refractivity contribution in [2.75, 3.05) is 37.4 Å². The Kier molecular flexibility index (Phi) is 10.2. The summed E-state index contributed by atoms with van der Waals surface area (Å²) in [5.74, 6) is -0.231. The third-order valence-corrected chi connectivity index (χ3v) is 8.06. The lowest BCUT2D eigenvalue weighted by atomic mass is 9.88. The van der Waals surface area contributed by atoms with Gasteiger partial charge in [0.1, 0.15) is 17.7 Å². The van der Waals surface area contributed by atoms with E-state index in [2.05, 4.69) is 10.6 Å². The molecule has 3 atom stereocenters. The second-order valence-electron chi connectivity index (χ2n) is 11.4. The highest BCUT2D eigenvalue weighted by atomic mass is 19.1. The van der Waals surface area contributed by atoms with Crippen LogP contribution in [0.25, 0.3) is 0 Å². The molecule has 1 fully saturated rings. The normalized spacial score (nSPS) is 20.5. The summed E-state index contributed by atoms with van der Waals surface area (Å²) in [6, 6.07) is 10.1. The van der Waals surface area contributed by atoms with Crippen LogP contribution >= 0.6 is 0 Å². The molecule has 4 amide bonds. The molecule has 2 aromatic carbocycles. The molecule has 1 aliphatic heterocycles. The van der Waals surface area contributed by atoms with Gasteiger partial charge in [-0.15, -0.1) is 0 Å². The van der Waals surface area contributed by atoms with Crippen molar-refractivity contribution in [3.05, 3.63) is 53.8 Å². The van der Waals surface area contributed by atoms with Crippen molar-refractivity contribution in [2.45, 2.75) is 64.5 Å². The average molecular weight is 569 g/mol. The summed E-state index contributed by atoms with van der Waals surface area (Å²) in [7, 11) is 1.64. The molecule has 2 aliphatic rings. The molecule has 4 rings (SSSR count). The molecule has 1 heterocycles. The number of halogens is 1. The average Bonchev–Trinajstić information content (AvgIpc) is 3.01. The van der Waals surface area contributed by atoms with E-state index >= 15 is 0 Å². The van der Waals surface area contributed by atoms with Crippen LogP contribution in [-0.2, 0) is 16.0 Å². The molecule has 1 aliphatic carbocycles. The molecule has 1 saturated carbocycles. The minimum absolute atomic E-state index is 0.00391. The van der Waals surface area contributed by atoms with Gasteiger partial charge < -0.3 is 30.3 Å². The topological polar surface area (TPSA) is 111 Å². The number of nitrogens with one attached hydrogen (secondary N) is 2. The van der Waals surface area contributed by atoms with E-state index in [1.54, 1.807) is 37.1 Å². The van der Waals surface area contributed by atoms with Gasteiger partial charge >= 0.3 is 6.03 Å². The predicted molar refractivity (Wildman–Crippen MR) is 155 cm³/mol. The van der Waals surface area contributed by atoms with Crippen molar-refractivity contribution >= 4 is 29.2 Å². The SMILES string of the molecule is C[C@@H]1CN([C@H](C)CO)C(=O)Cc2cc(NC(=O)C3CCCCC3)ccc2O[C@H]1CN(C)C(=O)Nc1ccc(F)cc1. The van der Waals surface area contributed by atoms with Gasteiger partial charge in [-0.1, -0.05) is 26.2 Å². The Morgan fingerprint density at radius 3 is 2.46 bits per heavy atom. The van der Waals surface area contributed by atoms with E-state index < -0.39 is 18.0 Å². The fourth-order valence-corrected chi connectivity index (χ4v) is 5.44. The maximum atomic E-state index is 13.4. The van der Waals surface area contributed by atoms with E-state index in [-0.39, 0.29) is 49.3 Å². The number of nitrogens with zero attached hydrogens (tertiary/aromatic N) is 2. The smallest absolute Gasteiger partial charge is 0.321 e. The van der Waals surface area contributed by atoms with Crippen molar-refractivity contribution in [2.24, 2.45) is 11.8 Å². The van der Waals surface area contributed by atoms with Crippen LogP contribution in [0.3, 0.4) is 0 Å². The number of aliphatic hydroxyl groups excluding tert-OH is 1. The van der Waals surface area contributed by atoms with Crippen LogP contribution in [-0.4, -0.2) is 71.6 Å². The minimum atomic E-state index is -0.486. The number of rotatable bonds is 7. The molecule has 0 unspecified atom stereocenters. The minimum Gasteiger partial charge on any atom is -0.488 e. The van der Waals surface area contributed by atoms with E-state index in [1.165, 1.54) is 29.2 Å². The first-order chi connectivity index (χ1) is 19.6. The first-order valence-corrected chi connectivity index (χ1v) is 14.4. The van der Waals surface area contributed by atoms with Crippen LogP contribution < -0.4 is 15.4 Å². The van der Waals surface area contributed by atoms with E-state index in [1.807, 2.05) is 6.92 Å². The summed E-state index contributed by atoms with van der Waals surface area (Å²) in [4.78, 5) is 42.4. The van der Waals surface area contributed by atoms with Crippen LogP contribution in [0.5, 0.6) is 5.75 Å². The Morgan fingerprint density at radius 2 is 1.78 bits per heavy atom. The lowest BCUT2D eigenvalue weighted by Gasteiger charge is -2.34. The van der Waals surface area contributed by atoms with Gasteiger partial charge in [0.2, 0.25) is 11.8 Å². The highest BCUT2D eigenvalue weighted by molar-refractivity contribution is 5.93. The van der Waals surface area contributed by atoms with E-state index in [0.29, 0.717) is 29.2 Å². The molecule has 0 saturated heterocycles. The molecule has 3 N–H and O–H groups in total. The van der Waals surface area contributed by atoms with E-state index in [4.69, 9.17) is 4.74 Å². The number of benzene rings is 2. The third-order valence-electron chi connectivity index (χ3n) is 8.06. The zero-order valence-electron chi connectivity index (χ0n) is 24.1. The van der Waals surface area contributed by atoms with Crippen molar-refractivity contribution in [3.8, 4) is 5.75 Å². The number of amides is 4. The van der Waals surface area contributed by atoms with Gasteiger partial charge in [0.15, 0.2) is 0 Å². The Bertz CT molecular complexity index is 1220. The third kappa shape index (κ3) is 7.97. The number of carbonyl (C=O) groups excluding carboxylic acids is 3. The summed E-state index contributed by atoms with van der Waals surface area (Å²) in [6.45, 7) is 4.10. The maximum Gasteiger partial charge on any atom is 0.321 e. The molecule has 0 spiro atoms. The number of urea groups is 1. The van der Waals surface area contributed by atoms with Gasteiger partial charge in [-0.05, 0) is 62.2 Å². The van der Waals surface area contributed by atoms with Gasteiger partial charge in [0.25, 0.3) is 0 Å². The van der Waals surface area contributed by atoms with Crippen molar-refractivity contribution in [1.82, 2.24) is 9.80 Å². The highest BCUT2D eigenvalue weighted by Crippen LogP contribution is 2.30. The van der Waals surface area contributed by atoms with Crippen LogP contribution in [0, 0.1) is 17.7 Å².